The topological polar surface area (TPSA) is 21.3 Å². The van der Waals surface area contributed by atoms with E-state index in [1.54, 1.807) is 0 Å². The third kappa shape index (κ3) is 2.63. The van der Waals surface area contributed by atoms with Crippen LogP contribution in [0.25, 0.3) is 0 Å². The van der Waals surface area contributed by atoms with Crippen LogP contribution in [0, 0.1) is 0 Å². The van der Waals surface area contributed by atoms with Crippen LogP contribution in [-0.4, -0.2) is 24.8 Å². The van der Waals surface area contributed by atoms with Crippen LogP contribution in [-0.2, 0) is 4.74 Å². The highest BCUT2D eigenvalue weighted by Crippen LogP contribution is 2.37. The molecule has 1 saturated carbocycles. The third-order valence-corrected chi connectivity index (χ3v) is 4.83. The van der Waals surface area contributed by atoms with E-state index in [1.807, 2.05) is 0 Å². The molecule has 1 N–H and O–H groups in total. The van der Waals surface area contributed by atoms with E-state index in [9.17, 15) is 0 Å². The van der Waals surface area contributed by atoms with Crippen molar-refractivity contribution in [3.63, 3.8) is 0 Å². The van der Waals surface area contributed by atoms with E-state index in [0.717, 1.165) is 17.0 Å². The van der Waals surface area contributed by atoms with Crippen LogP contribution in [0.4, 0.5) is 0 Å². The zero-order valence-corrected chi connectivity index (χ0v) is 12.3. The summed E-state index contributed by atoms with van der Waals surface area (Å²) in [6, 6.07) is 10.0. The standard InChI is InChI=1S/C15H20BrNO/c1-10-15(6-7-18-10)17-14-8-12(9-14)11-2-4-13(16)5-3-11/h2-5,10,12,14-15,17H,6-9H2,1H3. The zero-order valence-electron chi connectivity index (χ0n) is 10.7. The molecule has 0 aromatic heterocycles. The van der Waals surface area contributed by atoms with Gasteiger partial charge in [-0.3, -0.25) is 0 Å². The lowest BCUT2D eigenvalue weighted by atomic mass is 9.75. The van der Waals surface area contributed by atoms with Gasteiger partial charge < -0.3 is 10.1 Å². The van der Waals surface area contributed by atoms with Gasteiger partial charge in [0.05, 0.1) is 6.10 Å². The summed E-state index contributed by atoms with van der Waals surface area (Å²) in [7, 11) is 0. The van der Waals surface area contributed by atoms with Crippen LogP contribution in [0.1, 0.15) is 37.7 Å². The number of nitrogens with one attached hydrogen (secondary N) is 1. The lowest BCUT2D eigenvalue weighted by Crippen LogP contribution is -2.47. The molecule has 0 amide bonds. The van der Waals surface area contributed by atoms with Gasteiger partial charge in [-0.15, -0.1) is 0 Å². The molecule has 2 atom stereocenters. The molecular formula is C15H20BrNO. The first-order chi connectivity index (χ1) is 8.72. The molecule has 0 bridgehead atoms. The Balaban J connectivity index is 1.49. The molecule has 0 radical (unpaired) electrons. The molecule has 98 valence electrons. The predicted molar refractivity (Wildman–Crippen MR) is 76.9 cm³/mol. The molecule has 1 aromatic carbocycles. The quantitative estimate of drug-likeness (QED) is 0.923. The Kier molecular flexibility index (Phi) is 3.73. The van der Waals surface area contributed by atoms with Crippen molar-refractivity contribution >= 4 is 15.9 Å². The van der Waals surface area contributed by atoms with Crippen molar-refractivity contribution in [3.8, 4) is 0 Å². The SMILES string of the molecule is CC1OCCC1NC1CC(c2ccc(Br)cc2)C1. The fourth-order valence-electron chi connectivity index (χ4n) is 3.01. The summed E-state index contributed by atoms with van der Waals surface area (Å²) in [6.45, 7) is 3.09. The largest absolute Gasteiger partial charge is 0.377 e. The Morgan fingerprint density at radius 3 is 2.56 bits per heavy atom. The third-order valence-electron chi connectivity index (χ3n) is 4.31. The monoisotopic (exact) mass is 309 g/mol. The molecule has 3 heteroatoms. The number of ether oxygens (including phenoxy) is 1. The molecule has 1 heterocycles. The first-order valence-electron chi connectivity index (χ1n) is 6.85. The fourth-order valence-corrected chi connectivity index (χ4v) is 3.28. The number of halogens is 1. The highest BCUT2D eigenvalue weighted by atomic mass is 79.9. The van der Waals surface area contributed by atoms with E-state index in [0.29, 0.717) is 18.2 Å². The first kappa shape index (κ1) is 12.6. The summed E-state index contributed by atoms with van der Waals surface area (Å²) >= 11 is 3.49. The average molecular weight is 310 g/mol. The first-order valence-corrected chi connectivity index (χ1v) is 7.65. The van der Waals surface area contributed by atoms with Gasteiger partial charge in [0.25, 0.3) is 0 Å². The number of benzene rings is 1. The maximum Gasteiger partial charge on any atom is 0.0700 e. The van der Waals surface area contributed by atoms with Crippen molar-refractivity contribution < 1.29 is 4.74 Å². The Morgan fingerprint density at radius 1 is 1.22 bits per heavy atom. The van der Waals surface area contributed by atoms with Gasteiger partial charge in [-0.2, -0.15) is 0 Å². The average Bonchev–Trinajstić information content (AvgIpc) is 2.71. The molecule has 3 rings (SSSR count). The van der Waals surface area contributed by atoms with E-state index < -0.39 is 0 Å². The molecule has 1 aliphatic heterocycles. The second kappa shape index (κ2) is 5.32. The fraction of sp³-hybridized carbons (Fsp3) is 0.600. The van der Waals surface area contributed by atoms with Gasteiger partial charge in [-0.1, -0.05) is 28.1 Å². The Morgan fingerprint density at radius 2 is 1.94 bits per heavy atom. The van der Waals surface area contributed by atoms with Crippen LogP contribution in [0.2, 0.25) is 0 Å². The van der Waals surface area contributed by atoms with Crippen molar-refractivity contribution in [2.45, 2.75) is 50.3 Å². The molecule has 1 saturated heterocycles. The van der Waals surface area contributed by atoms with Crippen LogP contribution in [0.5, 0.6) is 0 Å². The molecule has 18 heavy (non-hydrogen) atoms. The minimum atomic E-state index is 0.386. The molecule has 2 nitrogen and oxygen atoms in total. The normalized spacial score (nSPS) is 35.4. The predicted octanol–water partition coefficient (Wildman–Crippen LogP) is 3.46. The van der Waals surface area contributed by atoms with E-state index in [-0.39, 0.29) is 0 Å². The Labute approximate surface area is 117 Å². The van der Waals surface area contributed by atoms with Crippen LogP contribution in [0.3, 0.4) is 0 Å². The second-order valence-electron chi connectivity index (χ2n) is 5.55. The molecule has 2 fully saturated rings. The smallest absolute Gasteiger partial charge is 0.0700 e. The summed E-state index contributed by atoms with van der Waals surface area (Å²) in [5.74, 6) is 0.744. The maximum atomic E-state index is 5.59. The van der Waals surface area contributed by atoms with E-state index in [1.165, 1.54) is 24.8 Å². The lowest BCUT2D eigenvalue weighted by Gasteiger charge is -2.38. The molecule has 2 aliphatic rings. The van der Waals surface area contributed by atoms with E-state index in [4.69, 9.17) is 4.74 Å². The summed E-state index contributed by atoms with van der Waals surface area (Å²) in [5.41, 5.74) is 1.48. The summed E-state index contributed by atoms with van der Waals surface area (Å²) in [6.07, 6.45) is 4.09. The summed E-state index contributed by atoms with van der Waals surface area (Å²) in [5, 5.41) is 3.74. The maximum absolute atomic E-state index is 5.59. The van der Waals surface area contributed by atoms with Gasteiger partial charge in [0.15, 0.2) is 0 Å². The molecule has 0 spiro atoms. The summed E-state index contributed by atoms with van der Waals surface area (Å²) < 4.78 is 6.76. The zero-order chi connectivity index (χ0) is 12.5. The van der Waals surface area contributed by atoms with Gasteiger partial charge >= 0.3 is 0 Å². The highest BCUT2D eigenvalue weighted by molar-refractivity contribution is 9.10. The highest BCUT2D eigenvalue weighted by Gasteiger charge is 2.34. The van der Waals surface area contributed by atoms with Crippen molar-refractivity contribution in [2.24, 2.45) is 0 Å². The molecule has 1 aliphatic carbocycles. The minimum Gasteiger partial charge on any atom is -0.377 e. The van der Waals surface area contributed by atoms with Crippen molar-refractivity contribution in [2.75, 3.05) is 6.61 Å². The van der Waals surface area contributed by atoms with Crippen molar-refractivity contribution in [1.29, 1.82) is 0 Å². The number of hydrogen-bond donors (Lipinski definition) is 1. The van der Waals surface area contributed by atoms with E-state index in [2.05, 4.69) is 52.4 Å². The summed E-state index contributed by atoms with van der Waals surface area (Å²) in [4.78, 5) is 0. The van der Waals surface area contributed by atoms with E-state index >= 15 is 0 Å². The Bertz CT molecular complexity index is 399. The number of hydrogen-bond acceptors (Lipinski definition) is 2. The second-order valence-corrected chi connectivity index (χ2v) is 6.47. The van der Waals surface area contributed by atoms with Gasteiger partial charge in [-0.05, 0) is 49.8 Å². The van der Waals surface area contributed by atoms with Crippen LogP contribution in [0.15, 0.2) is 28.7 Å². The van der Waals surface area contributed by atoms with Crippen molar-refractivity contribution in [1.82, 2.24) is 5.32 Å². The van der Waals surface area contributed by atoms with Gasteiger partial charge in [-0.25, -0.2) is 0 Å². The molecule has 1 aromatic rings. The van der Waals surface area contributed by atoms with Crippen LogP contribution < -0.4 is 5.32 Å². The van der Waals surface area contributed by atoms with Crippen LogP contribution >= 0.6 is 15.9 Å². The number of rotatable bonds is 3. The van der Waals surface area contributed by atoms with Gasteiger partial charge in [0.2, 0.25) is 0 Å². The lowest BCUT2D eigenvalue weighted by molar-refractivity contribution is 0.106. The minimum absolute atomic E-state index is 0.386. The van der Waals surface area contributed by atoms with Gasteiger partial charge in [0, 0.05) is 23.2 Å². The molecular weight excluding hydrogens is 290 g/mol. The van der Waals surface area contributed by atoms with Crippen molar-refractivity contribution in [3.05, 3.63) is 34.3 Å². The van der Waals surface area contributed by atoms with Gasteiger partial charge in [0.1, 0.15) is 0 Å². The molecule has 2 unspecified atom stereocenters. The Hall–Kier alpha value is -0.380.